The Morgan fingerprint density at radius 3 is 2.13 bits per heavy atom. The minimum absolute atomic E-state index is 0.00981. The first-order valence-electron chi connectivity index (χ1n) is 12.9. The Morgan fingerprint density at radius 1 is 0.923 bits per heavy atom. The first kappa shape index (κ1) is 30.2. The standard InChI is InChI=1S/C30H36ClN3O4S/c1-6-23(4)32-30(36)24(5)33(19-25-13-11-21(2)12-14-25)29(35)20-34(28-10-8-7-9-22(28)3)39(37,38)27-17-15-26(31)16-18-27/h7-18,23-24H,6,19-20H2,1-5H3,(H,32,36)/t23-,24+/m0/s1. The molecule has 7 nitrogen and oxygen atoms in total. The van der Waals surface area contributed by atoms with Crippen LogP contribution in [0.15, 0.2) is 77.7 Å². The van der Waals surface area contributed by atoms with Gasteiger partial charge in [-0.3, -0.25) is 13.9 Å². The lowest BCUT2D eigenvalue weighted by atomic mass is 10.1. The van der Waals surface area contributed by atoms with Gasteiger partial charge in [-0.25, -0.2) is 8.42 Å². The molecule has 9 heteroatoms. The molecular formula is C30H36ClN3O4S. The first-order valence-corrected chi connectivity index (χ1v) is 14.7. The summed E-state index contributed by atoms with van der Waals surface area (Å²) in [6.07, 6.45) is 0.741. The molecule has 2 atom stereocenters. The van der Waals surface area contributed by atoms with Crippen LogP contribution in [0.25, 0.3) is 0 Å². The number of sulfonamides is 1. The van der Waals surface area contributed by atoms with Gasteiger partial charge in [0.05, 0.1) is 10.6 Å². The molecule has 0 spiro atoms. The minimum Gasteiger partial charge on any atom is -0.352 e. The number of hydrogen-bond donors (Lipinski definition) is 1. The molecule has 0 saturated heterocycles. The number of carbonyl (C=O) groups is 2. The summed E-state index contributed by atoms with van der Waals surface area (Å²) in [5, 5.41) is 3.34. The van der Waals surface area contributed by atoms with E-state index in [0.717, 1.165) is 21.9 Å². The van der Waals surface area contributed by atoms with Crippen molar-refractivity contribution in [3.05, 3.63) is 94.5 Å². The van der Waals surface area contributed by atoms with Crippen LogP contribution in [0.3, 0.4) is 0 Å². The topological polar surface area (TPSA) is 86.8 Å². The fraction of sp³-hybridized carbons (Fsp3) is 0.333. The number of amides is 2. The van der Waals surface area contributed by atoms with Crippen LogP contribution in [0.5, 0.6) is 0 Å². The van der Waals surface area contributed by atoms with E-state index in [1.54, 1.807) is 38.1 Å². The molecule has 0 fully saturated rings. The lowest BCUT2D eigenvalue weighted by molar-refractivity contribution is -0.139. The monoisotopic (exact) mass is 569 g/mol. The van der Waals surface area contributed by atoms with Gasteiger partial charge in [0.25, 0.3) is 10.0 Å². The van der Waals surface area contributed by atoms with Gasteiger partial charge in [-0.05, 0) is 75.6 Å². The Balaban J connectivity index is 2.03. The van der Waals surface area contributed by atoms with E-state index in [9.17, 15) is 18.0 Å². The van der Waals surface area contributed by atoms with E-state index in [1.165, 1.54) is 29.2 Å². The molecular weight excluding hydrogens is 534 g/mol. The van der Waals surface area contributed by atoms with Crippen molar-refractivity contribution in [2.24, 2.45) is 0 Å². The predicted octanol–water partition coefficient (Wildman–Crippen LogP) is 5.48. The van der Waals surface area contributed by atoms with Crippen molar-refractivity contribution in [1.82, 2.24) is 10.2 Å². The maximum atomic E-state index is 14.0. The highest BCUT2D eigenvalue weighted by molar-refractivity contribution is 7.92. The van der Waals surface area contributed by atoms with Crippen molar-refractivity contribution in [3.8, 4) is 0 Å². The third kappa shape index (κ3) is 7.61. The molecule has 208 valence electrons. The zero-order valence-corrected chi connectivity index (χ0v) is 24.6. The van der Waals surface area contributed by atoms with Gasteiger partial charge >= 0.3 is 0 Å². The molecule has 0 aliphatic heterocycles. The SMILES string of the molecule is CC[C@H](C)NC(=O)[C@@H](C)N(Cc1ccc(C)cc1)C(=O)CN(c1ccccc1C)S(=O)(=O)c1ccc(Cl)cc1. The number of para-hydroxylation sites is 1. The summed E-state index contributed by atoms with van der Waals surface area (Å²) >= 11 is 6.00. The van der Waals surface area contributed by atoms with E-state index in [-0.39, 0.29) is 23.4 Å². The van der Waals surface area contributed by atoms with Crippen LogP contribution < -0.4 is 9.62 Å². The van der Waals surface area contributed by atoms with E-state index >= 15 is 0 Å². The second-order valence-corrected chi connectivity index (χ2v) is 12.1. The third-order valence-electron chi connectivity index (χ3n) is 6.71. The van der Waals surface area contributed by atoms with Gasteiger partial charge in [0.2, 0.25) is 11.8 Å². The van der Waals surface area contributed by atoms with Crippen molar-refractivity contribution in [1.29, 1.82) is 0 Å². The summed E-state index contributed by atoms with van der Waals surface area (Å²) in [4.78, 5) is 28.5. The second-order valence-electron chi connectivity index (χ2n) is 9.75. The van der Waals surface area contributed by atoms with Gasteiger partial charge < -0.3 is 10.2 Å². The quantitative estimate of drug-likeness (QED) is 0.331. The molecule has 2 amide bonds. The fourth-order valence-electron chi connectivity index (χ4n) is 4.03. The van der Waals surface area contributed by atoms with Gasteiger partial charge in [-0.1, -0.05) is 66.6 Å². The van der Waals surface area contributed by atoms with E-state index < -0.39 is 28.5 Å². The van der Waals surface area contributed by atoms with Crippen LogP contribution >= 0.6 is 11.6 Å². The third-order valence-corrected chi connectivity index (χ3v) is 8.73. The van der Waals surface area contributed by atoms with Gasteiger partial charge in [0.15, 0.2) is 0 Å². The molecule has 1 N–H and O–H groups in total. The summed E-state index contributed by atoms with van der Waals surface area (Å²) in [6.45, 7) is 8.95. The Hall–Kier alpha value is -3.36. The number of benzene rings is 3. The lowest BCUT2D eigenvalue weighted by Gasteiger charge is -2.33. The predicted molar refractivity (Wildman–Crippen MR) is 156 cm³/mol. The number of carbonyl (C=O) groups excluding carboxylic acids is 2. The van der Waals surface area contributed by atoms with Crippen molar-refractivity contribution in [2.75, 3.05) is 10.8 Å². The van der Waals surface area contributed by atoms with E-state index in [1.807, 2.05) is 45.0 Å². The zero-order chi connectivity index (χ0) is 28.7. The highest BCUT2D eigenvalue weighted by Crippen LogP contribution is 2.28. The number of anilines is 1. The van der Waals surface area contributed by atoms with Crippen molar-refractivity contribution < 1.29 is 18.0 Å². The molecule has 0 heterocycles. The molecule has 0 aromatic heterocycles. The number of halogens is 1. The Kier molecular flexibility index (Phi) is 10.2. The molecule has 0 unspecified atom stereocenters. The van der Waals surface area contributed by atoms with Crippen molar-refractivity contribution in [2.45, 2.75) is 64.6 Å². The highest BCUT2D eigenvalue weighted by Gasteiger charge is 2.33. The summed E-state index contributed by atoms with van der Waals surface area (Å²) in [6, 6.07) is 19.6. The molecule has 3 aromatic carbocycles. The molecule has 0 radical (unpaired) electrons. The Morgan fingerprint density at radius 2 is 1.54 bits per heavy atom. The van der Waals surface area contributed by atoms with Crippen LogP contribution in [0.1, 0.15) is 43.9 Å². The molecule has 0 bridgehead atoms. The zero-order valence-electron chi connectivity index (χ0n) is 23.0. The van der Waals surface area contributed by atoms with Crippen LogP contribution in [-0.2, 0) is 26.2 Å². The van der Waals surface area contributed by atoms with Crippen LogP contribution in [-0.4, -0.2) is 43.8 Å². The summed E-state index contributed by atoms with van der Waals surface area (Å²) in [5.74, 6) is -0.795. The average molecular weight is 570 g/mol. The van der Waals surface area contributed by atoms with E-state index in [0.29, 0.717) is 16.3 Å². The minimum atomic E-state index is -4.14. The Bertz CT molecular complexity index is 1390. The molecule has 0 aliphatic carbocycles. The van der Waals surface area contributed by atoms with Crippen LogP contribution in [0, 0.1) is 13.8 Å². The average Bonchev–Trinajstić information content (AvgIpc) is 2.91. The lowest BCUT2D eigenvalue weighted by Crippen LogP contribution is -2.52. The molecule has 39 heavy (non-hydrogen) atoms. The molecule has 0 aliphatic rings. The van der Waals surface area contributed by atoms with Crippen LogP contribution in [0.2, 0.25) is 5.02 Å². The molecule has 3 aromatic rings. The van der Waals surface area contributed by atoms with E-state index in [2.05, 4.69) is 5.32 Å². The maximum absolute atomic E-state index is 14.0. The number of rotatable bonds is 11. The van der Waals surface area contributed by atoms with E-state index in [4.69, 9.17) is 11.6 Å². The van der Waals surface area contributed by atoms with Gasteiger partial charge in [0, 0.05) is 17.6 Å². The van der Waals surface area contributed by atoms with Gasteiger partial charge in [0.1, 0.15) is 12.6 Å². The van der Waals surface area contributed by atoms with Crippen LogP contribution in [0.4, 0.5) is 5.69 Å². The first-order chi connectivity index (χ1) is 18.4. The fourth-order valence-corrected chi connectivity index (χ4v) is 5.63. The summed E-state index contributed by atoms with van der Waals surface area (Å²) < 4.78 is 28.8. The molecule has 3 rings (SSSR count). The van der Waals surface area contributed by atoms with Gasteiger partial charge in [-0.15, -0.1) is 0 Å². The van der Waals surface area contributed by atoms with Crippen molar-refractivity contribution >= 4 is 39.1 Å². The molecule has 0 saturated carbocycles. The number of aryl methyl sites for hydroxylation is 2. The Labute approximate surface area is 236 Å². The number of hydrogen-bond acceptors (Lipinski definition) is 4. The largest absolute Gasteiger partial charge is 0.352 e. The highest BCUT2D eigenvalue weighted by atomic mass is 35.5. The maximum Gasteiger partial charge on any atom is 0.264 e. The normalized spacial score (nSPS) is 12.9. The van der Waals surface area contributed by atoms with Gasteiger partial charge in [-0.2, -0.15) is 0 Å². The second kappa shape index (κ2) is 13.1. The number of nitrogens with zero attached hydrogens (tertiary/aromatic N) is 2. The summed E-state index contributed by atoms with van der Waals surface area (Å²) in [5.41, 5.74) is 2.97. The smallest absolute Gasteiger partial charge is 0.264 e. The van der Waals surface area contributed by atoms with Crippen molar-refractivity contribution in [3.63, 3.8) is 0 Å². The number of nitrogens with one attached hydrogen (secondary N) is 1. The summed E-state index contributed by atoms with van der Waals surface area (Å²) in [7, 11) is -4.14.